The van der Waals surface area contributed by atoms with Gasteiger partial charge in [-0.05, 0) is 38.1 Å². The van der Waals surface area contributed by atoms with E-state index in [1.807, 2.05) is 54.6 Å². The molecule has 2 aromatic carbocycles. The van der Waals surface area contributed by atoms with Crippen molar-refractivity contribution in [3.05, 3.63) is 60.4 Å². The molecular weight excluding hydrogens is 372 g/mol. The fourth-order valence-electron chi connectivity index (χ4n) is 2.90. The zero-order valence-corrected chi connectivity index (χ0v) is 17.3. The summed E-state index contributed by atoms with van der Waals surface area (Å²) in [6, 6.07) is 17.7. The summed E-state index contributed by atoms with van der Waals surface area (Å²) in [6.07, 6.45) is 0. The number of nitrogens with zero attached hydrogens (tertiary/aromatic N) is 3. The second-order valence-electron chi connectivity index (χ2n) is 6.16. The molecule has 6 nitrogen and oxygen atoms in total. The van der Waals surface area contributed by atoms with E-state index < -0.39 is 0 Å². The number of benzene rings is 2. The third kappa shape index (κ3) is 4.98. The number of hydrogen-bond acceptors (Lipinski definition) is 6. The van der Waals surface area contributed by atoms with Crippen molar-refractivity contribution in [2.24, 2.45) is 0 Å². The fourth-order valence-corrected chi connectivity index (χ4v) is 3.72. The monoisotopic (exact) mass is 398 g/mol. The maximum atomic E-state index is 5.76. The van der Waals surface area contributed by atoms with Gasteiger partial charge in [0, 0.05) is 12.3 Å². The predicted octanol–water partition coefficient (Wildman–Crippen LogP) is 4.65. The highest BCUT2D eigenvalue weighted by atomic mass is 32.2. The van der Waals surface area contributed by atoms with Crippen LogP contribution >= 0.6 is 11.8 Å². The molecule has 1 atom stereocenters. The third-order valence-electron chi connectivity index (χ3n) is 4.25. The number of aromatic nitrogens is 3. The van der Waals surface area contributed by atoms with Crippen LogP contribution in [-0.4, -0.2) is 34.2 Å². The lowest BCUT2D eigenvalue weighted by molar-refractivity contribution is 0.344. The molecule has 1 heterocycles. The summed E-state index contributed by atoms with van der Waals surface area (Å²) in [7, 11) is 1.67. The van der Waals surface area contributed by atoms with Crippen LogP contribution in [0.4, 0.5) is 5.69 Å². The minimum atomic E-state index is -0.00123. The zero-order valence-electron chi connectivity index (χ0n) is 16.5. The van der Waals surface area contributed by atoms with Gasteiger partial charge in [-0.15, -0.1) is 10.2 Å². The second kappa shape index (κ2) is 10.0. The molecule has 3 rings (SSSR count). The maximum Gasteiger partial charge on any atom is 0.191 e. The summed E-state index contributed by atoms with van der Waals surface area (Å²) in [5, 5.41) is 13.2. The number of methoxy groups -OCH3 is 1. The highest BCUT2D eigenvalue weighted by molar-refractivity contribution is 7.99. The van der Waals surface area contributed by atoms with E-state index in [0.717, 1.165) is 40.5 Å². The molecule has 0 spiro atoms. The minimum absolute atomic E-state index is 0.00123. The molecule has 0 aliphatic carbocycles. The lowest BCUT2D eigenvalue weighted by Gasteiger charge is -2.18. The molecule has 0 fully saturated rings. The van der Waals surface area contributed by atoms with Gasteiger partial charge in [0.15, 0.2) is 11.0 Å². The van der Waals surface area contributed by atoms with Gasteiger partial charge in [-0.2, -0.15) is 0 Å². The standard InChI is InChI=1S/C21H26N4O2S/c1-4-25-20(16(2)22-18-12-8-9-13-19(18)26-3)23-24-21(25)28-15-14-27-17-10-6-5-7-11-17/h5-13,16,22H,4,14-15H2,1-3H3. The number of thioether (sulfide) groups is 1. The quantitative estimate of drug-likeness (QED) is 0.396. The maximum absolute atomic E-state index is 5.76. The van der Waals surface area contributed by atoms with Gasteiger partial charge < -0.3 is 19.4 Å². The van der Waals surface area contributed by atoms with Gasteiger partial charge in [0.2, 0.25) is 0 Å². The first-order valence-corrected chi connectivity index (χ1v) is 10.3. The van der Waals surface area contributed by atoms with Gasteiger partial charge in [0.05, 0.1) is 25.4 Å². The number of nitrogens with one attached hydrogen (secondary N) is 1. The average Bonchev–Trinajstić information content (AvgIpc) is 3.15. The van der Waals surface area contributed by atoms with E-state index in [9.17, 15) is 0 Å². The van der Waals surface area contributed by atoms with Crippen LogP contribution in [0.15, 0.2) is 59.8 Å². The zero-order chi connectivity index (χ0) is 19.8. The van der Waals surface area contributed by atoms with Crippen LogP contribution in [0.25, 0.3) is 0 Å². The summed E-state index contributed by atoms with van der Waals surface area (Å²) < 4.78 is 13.3. The molecule has 1 N–H and O–H groups in total. The number of hydrogen-bond donors (Lipinski definition) is 1. The Morgan fingerprint density at radius 1 is 1.07 bits per heavy atom. The van der Waals surface area contributed by atoms with Crippen LogP contribution in [0.5, 0.6) is 11.5 Å². The summed E-state index contributed by atoms with van der Waals surface area (Å²) in [4.78, 5) is 0. The SMILES string of the molecule is CCn1c(SCCOc2ccccc2)nnc1C(C)Nc1ccccc1OC. The van der Waals surface area contributed by atoms with Gasteiger partial charge in [0.1, 0.15) is 11.5 Å². The first kappa shape index (κ1) is 20.1. The molecule has 148 valence electrons. The first-order valence-electron chi connectivity index (χ1n) is 9.36. The molecule has 0 bridgehead atoms. The Morgan fingerprint density at radius 2 is 1.82 bits per heavy atom. The Hall–Kier alpha value is -2.67. The van der Waals surface area contributed by atoms with Crippen molar-refractivity contribution >= 4 is 17.4 Å². The largest absolute Gasteiger partial charge is 0.495 e. The Kier molecular flexibility index (Phi) is 7.19. The van der Waals surface area contributed by atoms with Crippen LogP contribution in [0.3, 0.4) is 0 Å². The molecule has 0 amide bonds. The van der Waals surface area contributed by atoms with Crippen LogP contribution < -0.4 is 14.8 Å². The fraction of sp³-hybridized carbons (Fsp3) is 0.333. The van der Waals surface area contributed by atoms with Crippen molar-refractivity contribution in [3.63, 3.8) is 0 Å². The summed E-state index contributed by atoms with van der Waals surface area (Å²) in [5.41, 5.74) is 0.939. The molecule has 0 aliphatic heterocycles. The van der Waals surface area contributed by atoms with E-state index in [4.69, 9.17) is 9.47 Å². The highest BCUT2D eigenvalue weighted by Crippen LogP contribution is 2.28. The Morgan fingerprint density at radius 3 is 2.57 bits per heavy atom. The lowest BCUT2D eigenvalue weighted by atomic mass is 10.2. The van der Waals surface area contributed by atoms with Gasteiger partial charge in [-0.3, -0.25) is 0 Å². The van der Waals surface area contributed by atoms with Crippen LogP contribution in [0.2, 0.25) is 0 Å². The Bertz CT molecular complexity index is 870. The molecule has 28 heavy (non-hydrogen) atoms. The van der Waals surface area contributed by atoms with Gasteiger partial charge in [0.25, 0.3) is 0 Å². The summed E-state index contributed by atoms with van der Waals surface area (Å²) >= 11 is 1.65. The summed E-state index contributed by atoms with van der Waals surface area (Å²) in [6.45, 7) is 5.61. The third-order valence-corrected chi connectivity index (χ3v) is 5.19. The molecule has 7 heteroatoms. The van der Waals surface area contributed by atoms with Gasteiger partial charge in [-0.25, -0.2) is 0 Å². The number of anilines is 1. The van der Waals surface area contributed by atoms with Gasteiger partial charge in [-0.1, -0.05) is 42.1 Å². The smallest absolute Gasteiger partial charge is 0.191 e. The van der Waals surface area contributed by atoms with E-state index in [-0.39, 0.29) is 6.04 Å². The first-order chi connectivity index (χ1) is 13.7. The molecule has 1 unspecified atom stereocenters. The minimum Gasteiger partial charge on any atom is -0.495 e. The van der Waals surface area contributed by atoms with Crippen LogP contribution in [-0.2, 0) is 6.54 Å². The van der Waals surface area contributed by atoms with Crippen LogP contribution in [0, 0.1) is 0 Å². The van der Waals surface area contributed by atoms with E-state index in [1.165, 1.54) is 0 Å². The summed E-state index contributed by atoms with van der Waals surface area (Å²) in [5.74, 6) is 3.40. The van der Waals surface area contributed by atoms with Crippen molar-refractivity contribution in [1.29, 1.82) is 0 Å². The lowest BCUT2D eigenvalue weighted by Crippen LogP contribution is -2.14. The van der Waals surface area contributed by atoms with Crippen molar-refractivity contribution in [3.8, 4) is 11.5 Å². The Labute approximate surface area is 170 Å². The van der Waals surface area contributed by atoms with Crippen molar-refractivity contribution in [2.75, 3.05) is 24.8 Å². The van der Waals surface area contributed by atoms with Crippen LogP contribution in [0.1, 0.15) is 25.7 Å². The number of para-hydroxylation sites is 3. The normalized spacial score (nSPS) is 11.8. The molecule has 0 radical (unpaired) electrons. The number of ether oxygens (including phenoxy) is 2. The molecule has 0 saturated heterocycles. The van der Waals surface area contributed by atoms with Gasteiger partial charge >= 0.3 is 0 Å². The average molecular weight is 399 g/mol. The topological polar surface area (TPSA) is 61.2 Å². The Balaban J connectivity index is 1.61. The molecule has 0 aliphatic rings. The van der Waals surface area contributed by atoms with Crippen molar-refractivity contribution in [2.45, 2.75) is 31.6 Å². The molecule has 1 aromatic heterocycles. The molecule has 0 saturated carbocycles. The van der Waals surface area contributed by atoms with E-state index in [1.54, 1.807) is 18.9 Å². The predicted molar refractivity (Wildman–Crippen MR) is 113 cm³/mol. The van der Waals surface area contributed by atoms with Crippen molar-refractivity contribution in [1.82, 2.24) is 14.8 Å². The molecule has 3 aromatic rings. The van der Waals surface area contributed by atoms with E-state index in [2.05, 4.69) is 33.9 Å². The second-order valence-corrected chi connectivity index (χ2v) is 7.22. The van der Waals surface area contributed by atoms with E-state index in [0.29, 0.717) is 6.61 Å². The van der Waals surface area contributed by atoms with Crippen molar-refractivity contribution < 1.29 is 9.47 Å². The number of rotatable bonds is 10. The molecular formula is C21H26N4O2S. The highest BCUT2D eigenvalue weighted by Gasteiger charge is 2.18. The van der Waals surface area contributed by atoms with E-state index >= 15 is 0 Å².